The lowest BCUT2D eigenvalue weighted by Crippen LogP contribution is -2.41. The molecule has 6 heteroatoms. The molecule has 0 bridgehead atoms. The highest BCUT2D eigenvalue weighted by Crippen LogP contribution is 2.24. The van der Waals surface area contributed by atoms with E-state index in [2.05, 4.69) is 11.0 Å². The summed E-state index contributed by atoms with van der Waals surface area (Å²) in [5.41, 5.74) is 3.06. The Balaban J connectivity index is 1.79. The Hall–Kier alpha value is -2.70. The van der Waals surface area contributed by atoms with Gasteiger partial charge in [-0.1, -0.05) is 67.8 Å². The number of nitrogens with zero attached hydrogens (tertiary/aromatic N) is 3. The van der Waals surface area contributed by atoms with Crippen LogP contribution in [0.4, 0.5) is 5.69 Å². The highest BCUT2D eigenvalue weighted by Gasteiger charge is 2.21. The van der Waals surface area contributed by atoms with Crippen LogP contribution in [0, 0.1) is 0 Å². The second kappa shape index (κ2) is 13.1. The molecule has 1 N–H and O–H groups in total. The van der Waals surface area contributed by atoms with Crippen molar-refractivity contribution < 1.29 is 14.7 Å². The van der Waals surface area contributed by atoms with Crippen LogP contribution >= 0.6 is 0 Å². The zero-order valence-electron chi connectivity index (χ0n) is 19.8. The first kappa shape index (κ1) is 24.9. The number of carbonyl (C=O) groups excluding carboxylic acids is 2. The second-order valence-electron chi connectivity index (χ2n) is 8.80. The van der Waals surface area contributed by atoms with E-state index in [-0.39, 0.29) is 18.4 Å². The van der Waals surface area contributed by atoms with Crippen LogP contribution in [0.25, 0.3) is 0 Å². The molecule has 2 aromatic rings. The van der Waals surface area contributed by atoms with E-state index < -0.39 is 0 Å². The summed E-state index contributed by atoms with van der Waals surface area (Å²) in [5.74, 6) is 0.0695. The average Bonchev–Trinajstić information content (AvgIpc) is 2.80. The average molecular weight is 452 g/mol. The normalized spacial score (nSPS) is 15.8. The molecule has 0 aromatic heterocycles. The molecule has 0 radical (unpaired) electrons. The van der Waals surface area contributed by atoms with Gasteiger partial charge in [0.15, 0.2) is 0 Å². The van der Waals surface area contributed by atoms with Gasteiger partial charge in [-0.15, -0.1) is 0 Å². The minimum Gasteiger partial charge on any atom is -0.395 e. The highest BCUT2D eigenvalue weighted by atomic mass is 16.3. The van der Waals surface area contributed by atoms with Crippen LogP contribution in [-0.4, -0.2) is 59.5 Å². The Labute approximate surface area is 197 Å². The summed E-state index contributed by atoms with van der Waals surface area (Å²) in [6.07, 6.45) is 5.42. The zero-order valence-corrected chi connectivity index (χ0v) is 19.8. The smallest absolute Gasteiger partial charge is 0.237 e. The van der Waals surface area contributed by atoms with Crippen molar-refractivity contribution in [2.24, 2.45) is 0 Å². The fraction of sp³-hybridized carbons (Fsp3) is 0.481. The number of para-hydroxylation sites is 1. The maximum Gasteiger partial charge on any atom is 0.237 e. The van der Waals surface area contributed by atoms with Crippen LogP contribution < -0.4 is 4.90 Å². The standard InChI is InChI=1S/C27H37N3O3/c1-23(32)30-17-11-4-2-3-10-16-28(21-25-14-8-9-15-26(25)30)22-27(33)29(18-19-31)20-24-12-6-5-7-13-24/h5-9,12-15,31H,2-4,10-11,16-22H2,1H3. The molecule has 1 aliphatic heterocycles. The van der Waals surface area contributed by atoms with Gasteiger partial charge in [0.25, 0.3) is 0 Å². The summed E-state index contributed by atoms with van der Waals surface area (Å²) in [4.78, 5) is 31.5. The van der Waals surface area contributed by atoms with Gasteiger partial charge in [0.1, 0.15) is 0 Å². The summed E-state index contributed by atoms with van der Waals surface area (Å²) in [6, 6.07) is 17.9. The van der Waals surface area contributed by atoms with Crippen molar-refractivity contribution in [3.63, 3.8) is 0 Å². The SMILES string of the molecule is CC(=O)N1CCCCCCCN(CC(=O)N(CCO)Cc2ccccc2)Cc2ccccc21. The van der Waals surface area contributed by atoms with Crippen molar-refractivity contribution in [1.82, 2.24) is 9.80 Å². The largest absolute Gasteiger partial charge is 0.395 e. The van der Waals surface area contributed by atoms with Gasteiger partial charge in [-0.25, -0.2) is 0 Å². The van der Waals surface area contributed by atoms with E-state index in [1.807, 2.05) is 53.4 Å². The highest BCUT2D eigenvalue weighted by molar-refractivity contribution is 5.92. The molecule has 0 unspecified atom stereocenters. The van der Waals surface area contributed by atoms with Gasteiger partial charge >= 0.3 is 0 Å². The third kappa shape index (κ3) is 7.69. The van der Waals surface area contributed by atoms with Gasteiger partial charge in [0, 0.05) is 38.8 Å². The minimum absolute atomic E-state index is 0.0147. The van der Waals surface area contributed by atoms with Crippen molar-refractivity contribution in [2.75, 3.05) is 37.7 Å². The van der Waals surface area contributed by atoms with Crippen LogP contribution in [0.3, 0.4) is 0 Å². The maximum absolute atomic E-state index is 13.3. The lowest BCUT2D eigenvalue weighted by atomic mass is 10.1. The number of hydrogen-bond donors (Lipinski definition) is 1. The fourth-order valence-electron chi connectivity index (χ4n) is 4.45. The summed E-state index contributed by atoms with van der Waals surface area (Å²) < 4.78 is 0. The van der Waals surface area contributed by atoms with Crippen LogP contribution in [0.1, 0.15) is 50.2 Å². The number of amides is 2. The third-order valence-corrected chi connectivity index (χ3v) is 6.21. The van der Waals surface area contributed by atoms with E-state index in [0.29, 0.717) is 26.2 Å². The van der Waals surface area contributed by atoms with Crippen LogP contribution in [0.2, 0.25) is 0 Å². The lowest BCUT2D eigenvalue weighted by Gasteiger charge is -2.30. The van der Waals surface area contributed by atoms with Gasteiger partial charge in [-0.05, 0) is 36.6 Å². The molecule has 6 nitrogen and oxygen atoms in total. The predicted octanol–water partition coefficient (Wildman–Crippen LogP) is 3.83. The first-order valence-electron chi connectivity index (χ1n) is 12.1. The van der Waals surface area contributed by atoms with E-state index in [9.17, 15) is 14.7 Å². The molecule has 178 valence electrons. The van der Waals surface area contributed by atoms with Gasteiger partial charge < -0.3 is 14.9 Å². The predicted molar refractivity (Wildman–Crippen MR) is 132 cm³/mol. The van der Waals surface area contributed by atoms with Gasteiger partial charge in [-0.3, -0.25) is 14.5 Å². The topological polar surface area (TPSA) is 64.1 Å². The van der Waals surface area contributed by atoms with Gasteiger partial charge in [-0.2, -0.15) is 0 Å². The van der Waals surface area contributed by atoms with Crippen molar-refractivity contribution in [3.05, 3.63) is 65.7 Å². The molecule has 3 rings (SSSR count). The summed E-state index contributed by atoms with van der Waals surface area (Å²) in [7, 11) is 0. The molecular formula is C27H37N3O3. The number of aliphatic hydroxyl groups is 1. The molecule has 0 saturated heterocycles. The van der Waals surface area contributed by atoms with Gasteiger partial charge in [0.05, 0.1) is 13.2 Å². The monoisotopic (exact) mass is 451 g/mol. The van der Waals surface area contributed by atoms with E-state index >= 15 is 0 Å². The molecule has 2 amide bonds. The Bertz CT molecular complexity index is 887. The Morgan fingerprint density at radius 2 is 1.58 bits per heavy atom. The number of fused-ring (bicyclic) bond motifs is 1. The molecule has 0 aliphatic carbocycles. The number of benzene rings is 2. The lowest BCUT2D eigenvalue weighted by molar-refractivity contribution is -0.133. The summed E-state index contributed by atoms with van der Waals surface area (Å²) >= 11 is 0. The van der Waals surface area contributed by atoms with E-state index in [1.165, 1.54) is 0 Å². The van der Waals surface area contributed by atoms with Crippen molar-refractivity contribution >= 4 is 17.5 Å². The fourth-order valence-corrected chi connectivity index (χ4v) is 4.45. The van der Waals surface area contributed by atoms with Crippen LogP contribution in [0.15, 0.2) is 54.6 Å². The number of rotatable bonds is 6. The maximum atomic E-state index is 13.3. The molecule has 0 spiro atoms. The summed E-state index contributed by atoms with van der Waals surface area (Å²) in [6.45, 7) is 4.84. The zero-order chi connectivity index (χ0) is 23.5. The minimum atomic E-state index is -0.0605. The van der Waals surface area contributed by atoms with E-state index in [1.54, 1.807) is 11.8 Å². The van der Waals surface area contributed by atoms with Crippen molar-refractivity contribution in [3.8, 4) is 0 Å². The number of hydrogen-bond acceptors (Lipinski definition) is 4. The molecule has 2 aromatic carbocycles. The molecule has 33 heavy (non-hydrogen) atoms. The molecule has 1 aliphatic rings. The van der Waals surface area contributed by atoms with Crippen molar-refractivity contribution in [2.45, 2.75) is 52.1 Å². The number of carbonyl (C=O) groups is 2. The van der Waals surface area contributed by atoms with E-state index in [4.69, 9.17) is 0 Å². The first-order chi connectivity index (χ1) is 16.1. The summed E-state index contributed by atoms with van der Waals surface area (Å²) in [5, 5.41) is 9.54. The molecule has 0 atom stereocenters. The van der Waals surface area contributed by atoms with Crippen LogP contribution in [0.5, 0.6) is 0 Å². The first-order valence-corrected chi connectivity index (χ1v) is 12.1. The number of anilines is 1. The third-order valence-electron chi connectivity index (χ3n) is 6.21. The molecule has 0 saturated carbocycles. The molecule has 1 heterocycles. The van der Waals surface area contributed by atoms with Gasteiger partial charge in [0.2, 0.25) is 11.8 Å². The van der Waals surface area contributed by atoms with Crippen molar-refractivity contribution in [1.29, 1.82) is 0 Å². The van der Waals surface area contributed by atoms with Crippen LogP contribution in [-0.2, 0) is 22.7 Å². The Morgan fingerprint density at radius 1 is 0.909 bits per heavy atom. The Morgan fingerprint density at radius 3 is 2.30 bits per heavy atom. The molecular weight excluding hydrogens is 414 g/mol. The molecule has 0 fully saturated rings. The Kier molecular flexibility index (Phi) is 9.91. The van der Waals surface area contributed by atoms with E-state index in [0.717, 1.165) is 62.0 Å². The quantitative estimate of drug-likeness (QED) is 0.725. The number of aliphatic hydroxyl groups excluding tert-OH is 1. The second-order valence-corrected chi connectivity index (χ2v) is 8.80.